The first-order valence-corrected chi connectivity index (χ1v) is 8.67. The van der Waals surface area contributed by atoms with Gasteiger partial charge >= 0.3 is 0 Å². The Labute approximate surface area is 125 Å². The summed E-state index contributed by atoms with van der Waals surface area (Å²) in [6, 6.07) is 13.1. The van der Waals surface area contributed by atoms with E-state index in [0.29, 0.717) is 18.0 Å². The summed E-state index contributed by atoms with van der Waals surface area (Å²) in [6.45, 7) is 3.01. The highest BCUT2D eigenvalue weighted by atomic mass is 32.2. The van der Waals surface area contributed by atoms with Gasteiger partial charge in [0.25, 0.3) is 0 Å². The number of nitrogens with zero attached hydrogens (tertiary/aromatic N) is 1. The van der Waals surface area contributed by atoms with Crippen molar-refractivity contribution in [2.75, 3.05) is 13.1 Å². The molecule has 2 atom stereocenters. The van der Waals surface area contributed by atoms with Gasteiger partial charge in [0.15, 0.2) is 0 Å². The molecule has 2 aromatic rings. The molecule has 1 saturated heterocycles. The maximum Gasteiger partial charge on any atom is 0.243 e. The molecule has 112 valence electrons. The number of rotatable bonds is 3. The average molecular weight is 304 g/mol. The Morgan fingerprint density at radius 3 is 2.57 bits per heavy atom. The normalized spacial score (nSPS) is 23.7. The van der Waals surface area contributed by atoms with Gasteiger partial charge in [0, 0.05) is 12.6 Å². The lowest BCUT2D eigenvalue weighted by Gasteiger charge is -2.21. The Hall–Kier alpha value is -1.43. The molecule has 3 rings (SSSR count). The highest BCUT2D eigenvalue weighted by molar-refractivity contribution is 7.89. The van der Waals surface area contributed by atoms with Crippen LogP contribution in [0.2, 0.25) is 0 Å². The van der Waals surface area contributed by atoms with Gasteiger partial charge in [-0.1, -0.05) is 30.3 Å². The Kier molecular flexibility index (Phi) is 3.73. The molecule has 2 N–H and O–H groups in total. The van der Waals surface area contributed by atoms with E-state index in [1.807, 2.05) is 37.3 Å². The molecule has 0 saturated carbocycles. The Morgan fingerprint density at radius 1 is 1.19 bits per heavy atom. The van der Waals surface area contributed by atoms with Crippen LogP contribution in [0.1, 0.15) is 13.3 Å². The van der Waals surface area contributed by atoms with Crippen molar-refractivity contribution in [3.05, 3.63) is 42.5 Å². The minimum atomic E-state index is -3.44. The maximum absolute atomic E-state index is 12.8. The third-order valence-electron chi connectivity index (χ3n) is 4.27. The van der Waals surface area contributed by atoms with Crippen molar-refractivity contribution in [2.45, 2.75) is 24.3 Å². The number of nitrogens with two attached hydrogens (primary N) is 1. The molecule has 0 bridgehead atoms. The number of sulfonamides is 1. The second kappa shape index (κ2) is 5.40. The topological polar surface area (TPSA) is 63.4 Å². The largest absolute Gasteiger partial charge is 0.330 e. The van der Waals surface area contributed by atoms with Crippen LogP contribution in [0.15, 0.2) is 47.4 Å². The minimum absolute atomic E-state index is 0.00928. The molecule has 5 heteroatoms. The first-order chi connectivity index (χ1) is 10.0. The molecular formula is C16H20N2O2S. The summed E-state index contributed by atoms with van der Waals surface area (Å²) >= 11 is 0. The van der Waals surface area contributed by atoms with Crippen molar-refractivity contribution in [2.24, 2.45) is 11.7 Å². The summed E-state index contributed by atoms with van der Waals surface area (Å²) in [7, 11) is -3.44. The Bertz CT molecular complexity index is 758. The van der Waals surface area contributed by atoms with Crippen molar-refractivity contribution >= 4 is 20.8 Å². The molecule has 21 heavy (non-hydrogen) atoms. The van der Waals surface area contributed by atoms with Crippen LogP contribution in [0.4, 0.5) is 0 Å². The zero-order valence-electron chi connectivity index (χ0n) is 12.1. The predicted octanol–water partition coefficient (Wildman–Crippen LogP) is 2.20. The predicted molar refractivity (Wildman–Crippen MR) is 84.5 cm³/mol. The molecule has 0 spiro atoms. The van der Waals surface area contributed by atoms with Crippen molar-refractivity contribution < 1.29 is 8.42 Å². The zero-order valence-corrected chi connectivity index (χ0v) is 12.9. The van der Waals surface area contributed by atoms with Gasteiger partial charge in [-0.3, -0.25) is 0 Å². The molecular weight excluding hydrogens is 284 g/mol. The minimum Gasteiger partial charge on any atom is -0.330 e. The standard InChI is InChI=1S/C16H20N2O2S/c1-12-8-13(10-17)11-18(12)21(19,20)16-7-6-14-4-2-3-5-15(14)9-16/h2-7,9,12-13H,8,10-11,17H2,1H3. The van der Waals surface area contributed by atoms with E-state index in [4.69, 9.17) is 5.73 Å². The zero-order chi connectivity index (χ0) is 15.0. The second-order valence-electron chi connectivity index (χ2n) is 5.77. The lowest BCUT2D eigenvalue weighted by molar-refractivity contribution is 0.404. The summed E-state index contributed by atoms with van der Waals surface area (Å²) in [5.74, 6) is 0.259. The smallest absolute Gasteiger partial charge is 0.243 e. The summed E-state index contributed by atoms with van der Waals surface area (Å²) in [4.78, 5) is 0.366. The quantitative estimate of drug-likeness (QED) is 0.945. The van der Waals surface area contributed by atoms with Gasteiger partial charge in [0.05, 0.1) is 4.90 Å². The first kappa shape index (κ1) is 14.5. The molecule has 0 aromatic heterocycles. The molecule has 0 amide bonds. The lowest BCUT2D eigenvalue weighted by Crippen LogP contribution is -2.34. The second-order valence-corrected chi connectivity index (χ2v) is 7.66. The van der Waals surface area contributed by atoms with E-state index < -0.39 is 10.0 Å². The van der Waals surface area contributed by atoms with Crippen molar-refractivity contribution in [1.82, 2.24) is 4.31 Å². The third-order valence-corrected chi connectivity index (χ3v) is 6.24. The summed E-state index contributed by atoms with van der Waals surface area (Å²) in [5.41, 5.74) is 5.69. The molecule has 2 aromatic carbocycles. The molecule has 0 aliphatic carbocycles. The van der Waals surface area contributed by atoms with E-state index >= 15 is 0 Å². The van der Waals surface area contributed by atoms with Crippen molar-refractivity contribution in [1.29, 1.82) is 0 Å². The SMILES string of the molecule is CC1CC(CN)CN1S(=O)(=O)c1ccc2ccccc2c1. The van der Waals surface area contributed by atoms with Crippen LogP contribution in [0, 0.1) is 5.92 Å². The van der Waals surface area contributed by atoms with Crippen LogP contribution in [-0.4, -0.2) is 31.9 Å². The van der Waals surface area contributed by atoms with Gasteiger partial charge in [-0.05, 0) is 48.7 Å². The fraction of sp³-hybridized carbons (Fsp3) is 0.375. The Morgan fingerprint density at radius 2 is 1.90 bits per heavy atom. The molecule has 0 radical (unpaired) electrons. The fourth-order valence-corrected chi connectivity index (χ4v) is 4.83. The molecule has 1 aliphatic rings. The fourth-order valence-electron chi connectivity index (χ4n) is 3.08. The molecule has 2 unspecified atom stereocenters. The van der Waals surface area contributed by atoms with Crippen molar-refractivity contribution in [3.8, 4) is 0 Å². The van der Waals surface area contributed by atoms with Gasteiger partial charge in [0.2, 0.25) is 10.0 Å². The van der Waals surface area contributed by atoms with Crippen LogP contribution in [0.25, 0.3) is 10.8 Å². The first-order valence-electron chi connectivity index (χ1n) is 7.23. The monoisotopic (exact) mass is 304 g/mol. The number of hydrogen-bond acceptors (Lipinski definition) is 3. The summed E-state index contributed by atoms with van der Waals surface area (Å²) in [6.07, 6.45) is 0.837. The number of fused-ring (bicyclic) bond motifs is 1. The van der Waals surface area contributed by atoms with E-state index in [0.717, 1.165) is 17.2 Å². The highest BCUT2D eigenvalue weighted by Gasteiger charge is 2.37. The van der Waals surface area contributed by atoms with E-state index in [-0.39, 0.29) is 12.0 Å². The van der Waals surface area contributed by atoms with E-state index in [1.165, 1.54) is 0 Å². The van der Waals surface area contributed by atoms with Crippen LogP contribution < -0.4 is 5.73 Å². The van der Waals surface area contributed by atoms with Gasteiger partial charge in [-0.25, -0.2) is 8.42 Å². The highest BCUT2D eigenvalue weighted by Crippen LogP contribution is 2.30. The third kappa shape index (κ3) is 2.57. The van der Waals surface area contributed by atoms with Crippen molar-refractivity contribution in [3.63, 3.8) is 0 Å². The molecule has 1 heterocycles. The number of benzene rings is 2. The van der Waals surface area contributed by atoms with Gasteiger partial charge in [-0.15, -0.1) is 0 Å². The van der Waals surface area contributed by atoms with Gasteiger partial charge in [0.1, 0.15) is 0 Å². The summed E-state index contributed by atoms with van der Waals surface area (Å²) < 4.78 is 27.3. The van der Waals surface area contributed by atoms with Gasteiger partial charge < -0.3 is 5.73 Å². The van der Waals surface area contributed by atoms with Crippen LogP contribution in [-0.2, 0) is 10.0 Å². The summed E-state index contributed by atoms with van der Waals surface area (Å²) in [5, 5.41) is 1.99. The van der Waals surface area contributed by atoms with E-state index in [2.05, 4.69) is 0 Å². The van der Waals surface area contributed by atoms with Crippen LogP contribution >= 0.6 is 0 Å². The van der Waals surface area contributed by atoms with E-state index in [1.54, 1.807) is 16.4 Å². The molecule has 1 aliphatic heterocycles. The Balaban J connectivity index is 2.00. The number of hydrogen-bond donors (Lipinski definition) is 1. The van der Waals surface area contributed by atoms with Crippen LogP contribution in [0.5, 0.6) is 0 Å². The van der Waals surface area contributed by atoms with E-state index in [9.17, 15) is 8.42 Å². The van der Waals surface area contributed by atoms with Crippen LogP contribution in [0.3, 0.4) is 0 Å². The lowest BCUT2D eigenvalue weighted by atomic mass is 10.1. The average Bonchev–Trinajstić information content (AvgIpc) is 2.88. The van der Waals surface area contributed by atoms with Gasteiger partial charge in [-0.2, -0.15) is 4.31 Å². The molecule has 4 nitrogen and oxygen atoms in total. The molecule has 1 fully saturated rings. The maximum atomic E-state index is 12.8.